The third kappa shape index (κ3) is 3.40. The summed E-state index contributed by atoms with van der Waals surface area (Å²) < 4.78 is 0. The van der Waals surface area contributed by atoms with E-state index in [-0.39, 0.29) is 29.6 Å². The van der Waals surface area contributed by atoms with Crippen LogP contribution in [0, 0.1) is 18.8 Å². The monoisotopic (exact) mass is 326 g/mol. The molecule has 5 heteroatoms. The second kappa shape index (κ2) is 6.99. The van der Waals surface area contributed by atoms with Crippen LogP contribution in [-0.4, -0.2) is 29.2 Å². The van der Waals surface area contributed by atoms with Gasteiger partial charge in [0.1, 0.15) is 0 Å². The number of anilines is 1. The highest BCUT2D eigenvalue weighted by molar-refractivity contribution is 6.05. The zero-order valence-electron chi connectivity index (χ0n) is 13.8. The molecule has 1 aromatic carbocycles. The lowest BCUT2D eigenvalue weighted by Gasteiger charge is -2.14. The molecule has 2 atom stereocenters. The minimum atomic E-state index is -0.191. The summed E-state index contributed by atoms with van der Waals surface area (Å²) in [7, 11) is 0. The highest BCUT2D eigenvalue weighted by Gasteiger charge is 2.46. The Balaban J connectivity index is 1.49. The van der Waals surface area contributed by atoms with Crippen molar-refractivity contribution in [3.63, 3.8) is 0 Å². The van der Waals surface area contributed by atoms with Gasteiger partial charge >= 0.3 is 0 Å². The maximum atomic E-state index is 12.3. The minimum Gasteiger partial charge on any atom is -0.326 e. The van der Waals surface area contributed by atoms with Gasteiger partial charge in [0.15, 0.2) is 0 Å². The molecule has 0 aromatic heterocycles. The number of likely N-dealkylation sites (tertiary alicyclic amines) is 1. The van der Waals surface area contributed by atoms with Crippen LogP contribution in [0.25, 0.3) is 0 Å². The fourth-order valence-corrected chi connectivity index (χ4v) is 3.43. The van der Waals surface area contributed by atoms with Gasteiger partial charge in [0.25, 0.3) is 0 Å². The Hall–Kier alpha value is -2.43. The Labute approximate surface area is 141 Å². The van der Waals surface area contributed by atoms with Gasteiger partial charge in [0, 0.05) is 18.7 Å². The fourth-order valence-electron chi connectivity index (χ4n) is 3.43. The van der Waals surface area contributed by atoms with Crippen molar-refractivity contribution >= 4 is 23.4 Å². The summed E-state index contributed by atoms with van der Waals surface area (Å²) in [6, 6.07) is 7.61. The lowest BCUT2D eigenvalue weighted by Crippen LogP contribution is -2.32. The normalized spacial score (nSPS) is 22.6. The molecule has 0 radical (unpaired) electrons. The van der Waals surface area contributed by atoms with Crippen LogP contribution in [0.1, 0.15) is 31.2 Å². The maximum Gasteiger partial charge on any atom is 0.233 e. The summed E-state index contributed by atoms with van der Waals surface area (Å²) in [6.07, 6.45) is 6.04. The Morgan fingerprint density at radius 1 is 1.17 bits per heavy atom. The quantitative estimate of drug-likeness (QED) is 0.668. The summed E-state index contributed by atoms with van der Waals surface area (Å²) >= 11 is 0. The Kier molecular flexibility index (Phi) is 4.79. The number of aryl methyl sites for hydroxylation is 1. The molecule has 3 amide bonds. The molecule has 1 aliphatic carbocycles. The number of allylic oxidation sites excluding steroid dienone is 2. The molecule has 1 N–H and O–H groups in total. The van der Waals surface area contributed by atoms with Crippen LogP contribution in [0.15, 0.2) is 36.4 Å². The van der Waals surface area contributed by atoms with E-state index in [0.29, 0.717) is 32.2 Å². The highest BCUT2D eigenvalue weighted by atomic mass is 16.2. The minimum absolute atomic E-state index is 0.0755. The van der Waals surface area contributed by atoms with Crippen molar-refractivity contribution in [3.8, 4) is 0 Å². The number of carbonyl (C=O) groups excluding carboxylic acids is 3. The first-order chi connectivity index (χ1) is 11.6. The van der Waals surface area contributed by atoms with Crippen LogP contribution in [-0.2, 0) is 14.4 Å². The molecular formula is C19H22N2O3. The molecule has 0 spiro atoms. The van der Waals surface area contributed by atoms with E-state index in [2.05, 4.69) is 5.32 Å². The number of hydrogen-bond donors (Lipinski definition) is 1. The Bertz CT molecular complexity index is 670. The number of nitrogens with one attached hydrogen (secondary N) is 1. The van der Waals surface area contributed by atoms with Gasteiger partial charge in [-0.05, 0) is 43.9 Å². The molecule has 2 aliphatic rings. The number of fused-ring (bicyclic) bond motifs is 1. The van der Waals surface area contributed by atoms with Gasteiger partial charge in [-0.1, -0.05) is 24.3 Å². The van der Waals surface area contributed by atoms with Crippen LogP contribution in [0.5, 0.6) is 0 Å². The standard InChI is InChI=1S/C19H22N2O3/c1-13-6-4-7-14(12-13)20-17(22)10-5-11-21-18(23)15-8-2-3-9-16(15)19(21)24/h2-4,6-7,12,15-16H,5,8-11H2,1H3,(H,20,22)/t15-,16+. The number of carbonyl (C=O) groups is 3. The predicted octanol–water partition coefficient (Wildman–Crippen LogP) is 2.66. The van der Waals surface area contributed by atoms with Crippen LogP contribution in [0.3, 0.4) is 0 Å². The van der Waals surface area contributed by atoms with Crippen LogP contribution in [0.4, 0.5) is 5.69 Å². The largest absolute Gasteiger partial charge is 0.326 e. The summed E-state index contributed by atoms with van der Waals surface area (Å²) in [5.41, 5.74) is 1.85. The predicted molar refractivity (Wildman–Crippen MR) is 91.1 cm³/mol. The third-order valence-electron chi connectivity index (χ3n) is 4.69. The number of benzene rings is 1. The first kappa shape index (κ1) is 16.4. The van der Waals surface area contributed by atoms with Crippen LogP contribution in [0.2, 0.25) is 0 Å². The average Bonchev–Trinajstić information content (AvgIpc) is 2.80. The van der Waals surface area contributed by atoms with Crippen molar-refractivity contribution in [2.24, 2.45) is 11.8 Å². The molecule has 1 saturated heterocycles. The number of amides is 3. The van der Waals surface area contributed by atoms with Crippen molar-refractivity contribution in [1.82, 2.24) is 4.90 Å². The SMILES string of the molecule is Cc1cccc(NC(=O)CCCN2C(=O)[C@H]3CC=CC[C@H]3C2=O)c1. The Morgan fingerprint density at radius 3 is 2.46 bits per heavy atom. The van der Waals surface area contributed by atoms with Crippen molar-refractivity contribution in [2.45, 2.75) is 32.6 Å². The lowest BCUT2D eigenvalue weighted by atomic mass is 9.85. The average molecular weight is 326 g/mol. The van der Waals surface area contributed by atoms with E-state index in [1.807, 2.05) is 43.3 Å². The molecule has 1 aliphatic heterocycles. The van der Waals surface area contributed by atoms with Gasteiger partial charge in [0.2, 0.25) is 17.7 Å². The van der Waals surface area contributed by atoms with E-state index in [9.17, 15) is 14.4 Å². The molecule has 5 nitrogen and oxygen atoms in total. The smallest absolute Gasteiger partial charge is 0.233 e. The zero-order chi connectivity index (χ0) is 17.1. The molecule has 1 aromatic rings. The highest BCUT2D eigenvalue weighted by Crippen LogP contribution is 2.35. The fraction of sp³-hybridized carbons (Fsp3) is 0.421. The summed E-state index contributed by atoms with van der Waals surface area (Å²) in [6.45, 7) is 2.29. The molecular weight excluding hydrogens is 304 g/mol. The number of imide groups is 1. The zero-order valence-corrected chi connectivity index (χ0v) is 13.8. The molecule has 24 heavy (non-hydrogen) atoms. The third-order valence-corrected chi connectivity index (χ3v) is 4.69. The van der Waals surface area contributed by atoms with E-state index >= 15 is 0 Å². The van der Waals surface area contributed by atoms with Crippen molar-refractivity contribution in [1.29, 1.82) is 0 Å². The van der Waals surface area contributed by atoms with E-state index < -0.39 is 0 Å². The summed E-state index contributed by atoms with van der Waals surface area (Å²) in [5, 5.41) is 2.84. The van der Waals surface area contributed by atoms with Gasteiger partial charge in [-0.3, -0.25) is 19.3 Å². The van der Waals surface area contributed by atoms with Crippen molar-refractivity contribution in [3.05, 3.63) is 42.0 Å². The van der Waals surface area contributed by atoms with Gasteiger partial charge in [-0.25, -0.2) is 0 Å². The number of nitrogens with zero attached hydrogens (tertiary/aromatic N) is 1. The number of hydrogen-bond acceptors (Lipinski definition) is 3. The molecule has 1 fully saturated rings. The summed E-state index contributed by atoms with van der Waals surface area (Å²) in [5.74, 6) is -0.632. The van der Waals surface area contributed by atoms with Gasteiger partial charge in [0.05, 0.1) is 11.8 Å². The molecule has 0 unspecified atom stereocenters. The first-order valence-electron chi connectivity index (χ1n) is 8.43. The van der Waals surface area contributed by atoms with E-state index in [1.54, 1.807) is 0 Å². The topological polar surface area (TPSA) is 66.5 Å². The van der Waals surface area contributed by atoms with E-state index in [1.165, 1.54) is 4.90 Å². The Morgan fingerprint density at radius 2 is 1.83 bits per heavy atom. The van der Waals surface area contributed by atoms with Crippen LogP contribution >= 0.6 is 0 Å². The second-order valence-electron chi connectivity index (χ2n) is 6.51. The van der Waals surface area contributed by atoms with Crippen LogP contribution < -0.4 is 5.32 Å². The molecule has 1 heterocycles. The lowest BCUT2D eigenvalue weighted by molar-refractivity contribution is -0.140. The van der Waals surface area contributed by atoms with E-state index in [4.69, 9.17) is 0 Å². The van der Waals surface area contributed by atoms with Crippen molar-refractivity contribution < 1.29 is 14.4 Å². The summed E-state index contributed by atoms with van der Waals surface area (Å²) in [4.78, 5) is 38.0. The second-order valence-corrected chi connectivity index (χ2v) is 6.51. The molecule has 0 bridgehead atoms. The van der Waals surface area contributed by atoms with Gasteiger partial charge in [-0.15, -0.1) is 0 Å². The number of rotatable bonds is 5. The molecule has 3 rings (SSSR count). The maximum absolute atomic E-state index is 12.3. The molecule has 126 valence electrons. The van der Waals surface area contributed by atoms with Crippen molar-refractivity contribution in [2.75, 3.05) is 11.9 Å². The van der Waals surface area contributed by atoms with E-state index in [0.717, 1.165) is 11.3 Å². The van der Waals surface area contributed by atoms with Gasteiger partial charge in [-0.2, -0.15) is 0 Å². The molecule has 0 saturated carbocycles. The first-order valence-corrected chi connectivity index (χ1v) is 8.43. The van der Waals surface area contributed by atoms with Gasteiger partial charge < -0.3 is 5.32 Å².